The second-order valence-electron chi connectivity index (χ2n) is 20.8. The Bertz CT molecular complexity index is 2950. The quantitative estimate of drug-likeness (QED) is 0.0473. The summed E-state index contributed by atoms with van der Waals surface area (Å²) in [6, 6.07) is 29.7. The van der Waals surface area contributed by atoms with Crippen molar-refractivity contribution >= 4 is 67.3 Å². The van der Waals surface area contributed by atoms with Gasteiger partial charge in [0.05, 0.1) is 26.2 Å². The number of rotatable bonds is 14. The average Bonchev–Trinajstić information content (AvgIpc) is 4.13. The molecule has 0 spiro atoms. The van der Waals surface area contributed by atoms with Crippen LogP contribution in [0.25, 0.3) is 34.0 Å². The lowest BCUT2D eigenvalue weighted by molar-refractivity contribution is -0.135. The van der Waals surface area contributed by atoms with Crippen LogP contribution in [-0.2, 0) is 52.8 Å². The molecule has 12 nitrogen and oxygen atoms in total. The third-order valence-electron chi connectivity index (χ3n) is 13.5. The summed E-state index contributed by atoms with van der Waals surface area (Å²) in [7, 11) is -0.574. The van der Waals surface area contributed by atoms with E-state index in [1.165, 1.54) is 78.2 Å². The van der Waals surface area contributed by atoms with Crippen LogP contribution in [0.2, 0.25) is 0 Å². The first-order chi connectivity index (χ1) is 33.2. The highest BCUT2D eigenvalue weighted by Crippen LogP contribution is 2.38. The maximum atomic E-state index is 11.7. The minimum absolute atomic E-state index is 0.0427. The number of carbonyl (C=O) groups is 2. The van der Waals surface area contributed by atoms with Crippen LogP contribution in [0.15, 0.2) is 97.1 Å². The highest BCUT2D eigenvalue weighted by molar-refractivity contribution is 7.92. The Kier molecular flexibility index (Phi) is 16.2. The van der Waals surface area contributed by atoms with E-state index in [9.17, 15) is 18.0 Å². The fourth-order valence-corrected chi connectivity index (χ4v) is 10.7. The number of esters is 2. The lowest BCUT2D eigenvalue weighted by Crippen LogP contribution is -2.26. The molecule has 2 aliphatic heterocycles. The SMILES string of the molecule is COC(=O)/C=C/c1ccc(C2CCCN2CCc2c(C(C)(C)C)[nH]c3cc(N)ccc23)cc1.COC(=O)/C=C/c1ccc(C2CCCN2CCc2c(C(C)(C)C)[nH]c3cc(NS(C)(=O)=O)ccc23)cc1. The normalized spacial score (nSPS) is 17.2. The van der Waals surface area contributed by atoms with Gasteiger partial charge in [-0.1, -0.05) is 102 Å². The predicted octanol–water partition coefficient (Wildman–Crippen LogP) is 11.0. The lowest BCUT2D eigenvalue weighted by atomic mass is 9.88. The van der Waals surface area contributed by atoms with E-state index in [-0.39, 0.29) is 22.8 Å². The van der Waals surface area contributed by atoms with Gasteiger partial charge < -0.3 is 25.2 Å². The third kappa shape index (κ3) is 13.0. The second-order valence-corrected chi connectivity index (χ2v) is 22.6. The van der Waals surface area contributed by atoms with E-state index in [0.29, 0.717) is 17.8 Å². The minimum Gasteiger partial charge on any atom is -0.466 e. The van der Waals surface area contributed by atoms with E-state index in [4.69, 9.17) is 5.73 Å². The summed E-state index contributed by atoms with van der Waals surface area (Å²) in [6.07, 6.45) is 14.2. The number of ether oxygens (including phenoxy) is 2. The molecule has 4 aromatic carbocycles. The average molecular weight is 969 g/mol. The maximum absolute atomic E-state index is 11.7. The molecule has 2 aromatic heterocycles. The molecule has 6 aromatic rings. The van der Waals surface area contributed by atoms with Crippen LogP contribution in [0.1, 0.15) is 124 Å². The van der Waals surface area contributed by atoms with Crippen molar-refractivity contribution in [1.29, 1.82) is 0 Å². The van der Waals surface area contributed by atoms with Crippen LogP contribution >= 0.6 is 0 Å². The van der Waals surface area contributed by atoms with Crippen molar-refractivity contribution in [2.45, 2.75) is 103 Å². The fraction of sp³-hybridized carbons (Fsp3) is 0.404. The smallest absolute Gasteiger partial charge is 0.330 e. The molecule has 2 unspecified atom stereocenters. The number of aromatic nitrogens is 2. The van der Waals surface area contributed by atoms with Crippen LogP contribution < -0.4 is 10.5 Å². The van der Waals surface area contributed by atoms with Crippen LogP contribution in [-0.4, -0.2) is 86.8 Å². The van der Waals surface area contributed by atoms with E-state index >= 15 is 0 Å². The lowest BCUT2D eigenvalue weighted by Gasteiger charge is -2.26. The summed E-state index contributed by atoms with van der Waals surface area (Å²) in [5.74, 6) is -0.698. The number of nitrogen functional groups attached to an aromatic ring is 1. The first kappa shape index (κ1) is 51.7. The molecular weight excluding hydrogens is 897 g/mol. The highest BCUT2D eigenvalue weighted by atomic mass is 32.2. The minimum atomic E-state index is -3.34. The van der Waals surface area contributed by atoms with Crippen molar-refractivity contribution < 1.29 is 27.5 Å². The largest absolute Gasteiger partial charge is 0.466 e. The van der Waals surface area contributed by atoms with Crippen LogP contribution in [0.5, 0.6) is 0 Å². The number of nitrogens with two attached hydrogens (primary N) is 1. The summed E-state index contributed by atoms with van der Waals surface area (Å²) in [5, 5.41) is 2.42. The Morgan fingerprint density at radius 1 is 0.671 bits per heavy atom. The molecule has 2 aliphatic rings. The molecule has 70 heavy (non-hydrogen) atoms. The molecule has 0 aliphatic carbocycles. The summed E-state index contributed by atoms with van der Waals surface area (Å²) in [5.41, 5.74) is 19.2. The first-order valence-corrected chi connectivity index (χ1v) is 26.3. The van der Waals surface area contributed by atoms with E-state index < -0.39 is 10.0 Å². The third-order valence-corrected chi connectivity index (χ3v) is 14.1. The molecule has 0 amide bonds. The molecule has 372 valence electrons. The molecule has 4 heterocycles. The Labute approximate surface area is 414 Å². The standard InChI is InChI=1S/C29H37N3O4S.C28H35N3O2/c1-29(2,3)28-24(23-14-13-22(19-25(23)30-28)31-37(5,34)35)16-18-32-17-6-7-26(32)21-11-8-20(9-12-21)10-15-27(33)36-4;1-28(2,3)27-23(22-13-12-21(29)18-24(22)30-27)15-17-31-16-5-6-25(31)20-10-7-19(8-11-20)9-14-26(32)33-4/h8-15,19,26,30-31H,6-7,16-18H2,1-5H3;7-14,18,25,30H,5-6,15-17,29H2,1-4H3/b15-10+;14-9+. The number of fused-ring (bicyclic) bond motifs is 2. The number of sulfonamides is 1. The number of benzene rings is 4. The zero-order valence-corrected chi connectivity index (χ0v) is 43.3. The van der Waals surface area contributed by atoms with Gasteiger partial charge in [0.25, 0.3) is 0 Å². The van der Waals surface area contributed by atoms with Crippen LogP contribution in [0, 0.1) is 0 Å². The molecule has 0 radical (unpaired) electrons. The van der Waals surface area contributed by atoms with Crippen molar-refractivity contribution in [3.05, 3.63) is 142 Å². The number of hydrogen-bond acceptors (Lipinski definition) is 9. The van der Waals surface area contributed by atoms with E-state index in [2.05, 4.69) is 118 Å². The van der Waals surface area contributed by atoms with Gasteiger partial charge in [-0.25, -0.2) is 18.0 Å². The number of nitrogens with one attached hydrogen (secondary N) is 3. The second kappa shape index (κ2) is 21.9. The molecule has 8 rings (SSSR count). The van der Waals surface area contributed by atoms with Gasteiger partial charge in [-0.3, -0.25) is 14.5 Å². The van der Waals surface area contributed by atoms with E-state index in [1.54, 1.807) is 12.2 Å². The van der Waals surface area contributed by atoms with E-state index in [0.717, 1.165) is 91.4 Å². The molecule has 13 heteroatoms. The van der Waals surface area contributed by atoms with Gasteiger partial charge in [-0.2, -0.15) is 0 Å². The summed E-state index contributed by atoms with van der Waals surface area (Å²) in [4.78, 5) is 35.1. The molecule has 0 bridgehead atoms. The van der Waals surface area contributed by atoms with Crippen molar-refractivity contribution in [1.82, 2.24) is 19.8 Å². The molecule has 2 saturated heterocycles. The summed E-state index contributed by atoms with van der Waals surface area (Å²) in [6.45, 7) is 17.5. The van der Waals surface area contributed by atoms with Crippen LogP contribution in [0.3, 0.4) is 0 Å². The van der Waals surface area contributed by atoms with Gasteiger partial charge in [0.15, 0.2) is 0 Å². The Morgan fingerprint density at radius 3 is 1.51 bits per heavy atom. The Balaban J connectivity index is 0.000000208. The van der Waals surface area contributed by atoms with Crippen molar-refractivity contribution in [2.24, 2.45) is 0 Å². The van der Waals surface area contributed by atoms with Gasteiger partial charge in [-0.15, -0.1) is 0 Å². The van der Waals surface area contributed by atoms with Gasteiger partial charge >= 0.3 is 11.9 Å². The number of methoxy groups -OCH3 is 2. The monoisotopic (exact) mass is 969 g/mol. The maximum Gasteiger partial charge on any atom is 0.330 e. The van der Waals surface area contributed by atoms with E-state index in [1.807, 2.05) is 42.5 Å². The molecular formula is C57H72N6O6S. The van der Waals surface area contributed by atoms with Gasteiger partial charge in [0.2, 0.25) is 10.0 Å². The summed E-state index contributed by atoms with van der Waals surface area (Å²) >= 11 is 0. The van der Waals surface area contributed by atoms with Gasteiger partial charge in [0, 0.05) is 87.0 Å². The number of H-pyrrole nitrogens is 2. The number of hydrogen-bond donors (Lipinski definition) is 4. The molecule has 2 fully saturated rings. The number of anilines is 2. The molecule has 5 N–H and O–H groups in total. The van der Waals surface area contributed by atoms with Crippen molar-refractivity contribution in [2.75, 3.05) is 57.1 Å². The van der Waals surface area contributed by atoms with Crippen LogP contribution in [0.4, 0.5) is 11.4 Å². The predicted molar refractivity (Wildman–Crippen MR) is 286 cm³/mol. The number of carbonyl (C=O) groups excluding carboxylic acids is 2. The molecule has 0 saturated carbocycles. The zero-order valence-electron chi connectivity index (χ0n) is 42.4. The van der Waals surface area contributed by atoms with Gasteiger partial charge in [0.1, 0.15) is 0 Å². The van der Waals surface area contributed by atoms with Crippen molar-refractivity contribution in [3.63, 3.8) is 0 Å². The molecule has 2 atom stereocenters. The van der Waals surface area contributed by atoms with Crippen molar-refractivity contribution in [3.8, 4) is 0 Å². The van der Waals surface area contributed by atoms with Gasteiger partial charge in [-0.05, 0) is 121 Å². The number of likely N-dealkylation sites (tertiary alicyclic amines) is 2. The fourth-order valence-electron chi connectivity index (χ4n) is 10.2. The topological polar surface area (TPSA) is 163 Å². The zero-order chi connectivity index (χ0) is 50.4. The number of aromatic amines is 2. The first-order valence-electron chi connectivity index (χ1n) is 24.4. The highest BCUT2D eigenvalue weighted by Gasteiger charge is 2.30. The Hall–Kier alpha value is -6.15. The summed E-state index contributed by atoms with van der Waals surface area (Å²) < 4.78 is 35.3. The Morgan fingerprint density at radius 2 is 1.10 bits per heavy atom. The number of nitrogens with zero attached hydrogens (tertiary/aromatic N) is 2.